The number of hydrogen-bond acceptors (Lipinski definition) is 2. The lowest BCUT2D eigenvalue weighted by atomic mass is 9.79. The molecule has 0 aromatic carbocycles. The summed E-state index contributed by atoms with van der Waals surface area (Å²) in [5, 5.41) is 6.22. The third kappa shape index (κ3) is 2.41. The van der Waals surface area contributed by atoms with E-state index < -0.39 is 6.30 Å². The van der Waals surface area contributed by atoms with Gasteiger partial charge < -0.3 is 5.32 Å². The zero-order valence-corrected chi connectivity index (χ0v) is 8.06. The topological polar surface area (TPSA) is 24.1 Å². The third-order valence-corrected chi connectivity index (χ3v) is 3.44. The van der Waals surface area contributed by atoms with E-state index in [1.807, 2.05) is 0 Å². The van der Waals surface area contributed by atoms with Gasteiger partial charge in [-0.25, -0.2) is 4.39 Å². The molecule has 0 aromatic heterocycles. The van der Waals surface area contributed by atoms with Crippen LogP contribution in [0.5, 0.6) is 0 Å². The molecule has 0 aromatic rings. The van der Waals surface area contributed by atoms with Crippen LogP contribution in [0.3, 0.4) is 0 Å². The lowest BCUT2D eigenvalue weighted by Crippen LogP contribution is -2.40. The Labute approximate surface area is 79.3 Å². The van der Waals surface area contributed by atoms with Crippen molar-refractivity contribution in [1.29, 1.82) is 0 Å². The molecule has 0 radical (unpaired) electrons. The minimum absolute atomic E-state index is 0.637. The zero-order valence-electron chi connectivity index (χ0n) is 8.06. The lowest BCUT2D eigenvalue weighted by molar-refractivity contribution is 0.123. The van der Waals surface area contributed by atoms with E-state index in [0.29, 0.717) is 5.92 Å². The van der Waals surface area contributed by atoms with Gasteiger partial charge in [0.15, 0.2) is 6.30 Å². The highest BCUT2D eigenvalue weighted by atomic mass is 19.1. The van der Waals surface area contributed by atoms with Gasteiger partial charge in [-0.05, 0) is 57.2 Å². The Bertz CT molecular complexity index is 157. The van der Waals surface area contributed by atoms with Crippen molar-refractivity contribution < 1.29 is 4.39 Å². The molecule has 2 heterocycles. The molecule has 2 N–H and O–H groups in total. The Hall–Kier alpha value is -0.150. The maximum atomic E-state index is 13.1. The molecule has 2 rings (SSSR count). The van der Waals surface area contributed by atoms with Crippen LogP contribution in [0.15, 0.2) is 0 Å². The first-order valence-electron chi connectivity index (χ1n) is 5.44. The van der Waals surface area contributed by atoms with Crippen molar-refractivity contribution in [2.75, 3.05) is 19.6 Å². The van der Waals surface area contributed by atoms with Crippen molar-refractivity contribution in [1.82, 2.24) is 10.6 Å². The fourth-order valence-electron chi connectivity index (χ4n) is 2.64. The van der Waals surface area contributed by atoms with Gasteiger partial charge >= 0.3 is 0 Å². The molecule has 2 fully saturated rings. The number of hydrogen-bond donors (Lipinski definition) is 2. The van der Waals surface area contributed by atoms with E-state index in [0.717, 1.165) is 32.0 Å². The maximum absolute atomic E-state index is 13.1. The van der Waals surface area contributed by atoms with E-state index in [1.54, 1.807) is 0 Å². The van der Waals surface area contributed by atoms with Gasteiger partial charge in [-0.3, -0.25) is 5.32 Å². The molecule has 2 unspecified atom stereocenters. The minimum Gasteiger partial charge on any atom is -0.317 e. The average Bonchev–Trinajstić information content (AvgIpc) is 2.19. The first-order chi connectivity index (χ1) is 6.36. The first-order valence-corrected chi connectivity index (χ1v) is 5.44. The van der Waals surface area contributed by atoms with Crippen LogP contribution in [0.2, 0.25) is 0 Å². The van der Waals surface area contributed by atoms with Gasteiger partial charge in [-0.15, -0.1) is 0 Å². The summed E-state index contributed by atoms with van der Waals surface area (Å²) in [7, 11) is 0. The van der Waals surface area contributed by atoms with Crippen molar-refractivity contribution in [2.24, 2.45) is 11.8 Å². The highest BCUT2D eigenvalue weighted by Gasteiger charge is 2.28. The molecule has 3 heteroatoms. The van der Waals surface area contributed by atoms with Gasteiger partial charge in [-0.1, -0.05) is 0 Å². The van der Waals surface area contributed by atoms with Gasteiger partial charge in [0.05, 0.1) is 0 Å². The van der Waals surface area contributed by atoms with Crippen LogP contribution in [0.4, 0.5) is 4.39 Å². The zero-order chi connectivity index (χ0) is 9.10. The summed E-state index contributed by atoms with van der Waals surface area (Å²) in [4.78, 5) is 0. The van der Waals surface area contributed by atoms with Crippen LogP contribution in [-0.4, -0.2) is 25.9 Å². The third-order valence-electron chi connectivity index (χ3n) is 3.44. The van der Waals surface area contributed by atoms with Crippen molar-refractivity contribution in [2.45, 2.75) is 32.0 Å². The molecule has 0 saturated carbocycles. The van der Waals surface area contributed by atoms with E-state index in [1.165, 1.54) is 19.3 Å². The van der Waals surface area contributed by atoms with E-state index in [9.17, 15) is 4.39 Å². The predicted octanol–water partition coefficient (Wildman–Crippen LogP) is 1.28. The molecule has 2 nitrogen and oxygen atoms in total. The molecular weight excluding hydrogens is 167 g/mol. The van der Waals surface area contributed by atoms with Gasteiger partial charge in [0.25, 0.3) is 0 Å². The Morgan fingerprint density at radius 1 is 0.923 bits per heavy atom. The smallest absolute Gasteiger partial charge is 0.151 e. The molecule has 0 spiro atoms. The van der Waals surface area contributed by atoms with Gasteiger partial charge in [0.2, 0.25) is 0 Å². The van der Waals surface area contributed by atoms with Crippen LogP contribution >= 0.6 is 0 Å². The Balaban J connectivity index is 1.83. The molecule has 0 amide bonds. The van der Waals surface area contributed by atoms with Gasteiger partial charge in [0, 0.05) is 0 Å². The Kier molecular flexibility index (Phi) is 3.17. The standard InChI is InChI=1S/C10H19FN2/c11-10-7-9(3-6-13-10)8-1-4-12-5-2-8/h8-10,12-13H,1-7H2. The maximum Gasteiger partial charge on any atom is 0.151 e. The molecule has 2 aliphatic heterocycles. The normalized spacial score (nSPS) is 37.6. The second-order valence-electron chi connectivity index (χ2n) is 4.29. The van der Waals surface area contributed by atoms with E-state index in [2.05, 4.69) is 10.6 Å². The van der Waals surface area contributed by atoms with E-state index in [4.69, 9.17) is 0 Å². The second-order valence-corrected chi connectivity index (χ2v) is 4.29. The first kappa shape index (κ1) is 9.41. The highest BCUT2D eigenvalue weighted by molar-refractivity contribution is 4.81. The summed E-state index contributed by atoms with van der Waals surface area (Å²) in [5.41, 5.74) is 0. The quantitative estimate of drug-likeness (QED) is 0.603. The average molecular weight is 186 g/mol. The summed E-state index contributed by atoms with van der Waals surface area (Å²) in [6, 6.07) is 0. The molecule has 2 saturated heterocycles. The monoisotopic (exact) mass is 186 g/mol. The van der Waals surface area contributed by atoms with E-state index in [-0.39, 0.29) is 0 Å². The molecular formula is C10H19FN2. The number of rotatable bonds is 1. The van der Waals surface area contributed by atoms with E-state index >= 15 is 0 Å². The summed E-state index contributed by atoms with van der Waals surface area (Å²) in [6.45, 7) is 3.13. The van der Waals surface area contributed by atoms with Crippen LogP contribution in [0, 0.1) is 11.8 Å². The molecule has 13 heavy (non-hydrogen) atoms. The SMILES string of the molecule is FC1CC(C2CCNCC2)CCN1. The largest absolute Gasteiger partial charge is 0.317 e. The fourth-order valence-corrected chi connectivity index (χ4v) is 2.64. The lowest BCUT2D eigenvalue weighted by Gasteiger charge is -2.34. The van der Waals surface area contributed by atoms with Crippen molar-refractivity contribution in [3.63, 3.8) is 0 Å². The Morgan fingerprint density at radius 2 is 1.62 bits per heavy atom. The van der Waals surface area contributed by atoms with Crippen molar-refractivity contribution >= 4 is 0 Å². The predicted molar refractivity (Wildman–Crippen MR) is 51.2 cm³/mol. The summed E-state index contributed by atoms with van der Waals surface area (Å²) in [6.07, 6.45) is 3.67. The Morgan fingerprint density at radius 3 is 2.31 bits per heavy atom. The van der Waals surface area contributed by atoms with Crippen LogP contribution < -0.4 is 10.6 Å². The van der Waals surface area contributed by atoms with Crippen molar-refractivity contribution in [3.8, 4) is 0 Å². The van der Waals surface area contributed by atoms with Crippen LogP contribution in [-0.2, 0) is 0 Å². The number of piperidine rings is 2. The van der Waals surface area contributed by atoms with Gasteiger partial charge in [0.1, 0.15) is 0 Å². The summed E-state index contributed by atoms with van der Waals surface area (Å²) < 4.78 is 13.1. The summed E-state index contributed by atoms with van der Waals surface area (Å²) >= 11 is 0. The fraction of sp³-hybridized carbons (Fsp3) is 1.00. The highest BCUT2D eigenvalue weighted by Crippen LogP contribution is 2.30. The minimum atomic E-state index is -0.742. The second kappa shape index (κ2) is 4.38. The number of halogens is 1. The molecule has 76 valence electrons. The molecule has 2 aliphatic rings. The van der Waals surface area contributed by atoms with Crippen LogP contribution in [0.25, 0.3) is 0 Å². The summed E-state index contributed by atoms with van der Waals surface area (Å²) in [5.74, 6) is 1.42. The molecule has 2 atom stereocenters. The molecule has 0 aliphatic carbocycles. The molecule has 0 bridgehead atoms. The number of nitrogens with one attached hydrogen (secondary N) is 2. The number of alkyl halides is 1. The van der Waals surface area contributed by atoms with Crippen LogP contribution in [0.1, 0.15) is 25.7 Å². The van der Waals surface area contributed by atoms with Gasteiger partial charge in [-0.2, -0.15) is 0 Å². The van der Waals surface area contributed by atoms with Crippen molar-refractivity contribution in [3.05, 3.63) is 0 Å².